The number of nitrogen functional groups attached to an aromatic ring is 2. The van der Waals surface area contributed by atoms with Gasteiger partial charge >= 0.3 is 0 Å². The number of nitrogens with zero attached hydrogens (tertiary/aromatic N) is 1. The molecule has 0 bridgehead atoms. The Hall–Kier alpha value is -2.05. The van der Waals surface area contributed by atoms with Crippen molar-refractivity contribution in [3.05, 3.63) is 10.4 Å². The molecule has 1 heterocycles. The molecule has 7 heteroatoms. The first-order valence-electron chi connectivity index (χ1n) is 3.00. The molecule has 1 aromatic rings. The zero-order chi connectivity index (χ0) is 9.14. The van der Waals surface area contributed by atoms with E-state index in [1.54, 1.807) is 0 Å². The number of carbonyl (C=O) groups is 1. The van der Waals surface area contributed by atoms with Crippen LogP contribution in [0.1, 0.15) is 0 Å². The predicted molar refractivity (Wildman–Crippen MR) is 43.4 cm³/mol. The lowest BCUT2D eigenvalue weighted by atomic mass is 10.5. The van der Waals surface area contributed by atoms with Crippen molar-refractivity contribution in [2.75, 3.05) is 16.8 Å². The molecule has 12 heavy (non-hydrogen) atoms. The summed E-state index contributed by atoms with van der Waals surface area (Å²) in [5, 5.41) is 2.10. The number of amides is 1. The van der Waals surface area contributed by atoms with E-state index in [2.05, 4.69) is 15.3 Å². The van der Waals surface area contributed by atoms with Crippen LogP contribution in [0.3, 0.4) is 0 Å². The zero-order valence-corrected chi connectivity index (χ0v) is 6.00. The topological polar surface area (TPSA) is 127 Å². The van der Waals surface area contributed by atoms with Gasteiger partial charge in [-0.15, -0.1) is 0 Å². The van der Waals surface area contributed by atoms with E-state index < -0.39 is 5.56 Å². The lowest BCUT2D eigenvalue weighted by molar-refractivity contribution is -0.105. The van der Waals surface area contributed by atoms with E-state index in [0.717, 1.165) is 0 Å². The molecule has 1 amide bonds. The number of anilines is 3. The molecule has 0 saturated carbocycles. The zero-order valence-electron chi connectivity index (χ0n) is 6.00. The first-order valence-corrected chi connectivity index (χ1v) is 3.00. The van der Waals surface area contributed by atoms with Gasteiger partial charge in [0.05, 0.1) is 0 Å². The first-order chi connectivity index (χ1) is 5.65. The molecule has 0 saturated heterocycles. The average molecular weight is 170 g/mol. The summed E-state index contributed by atoms with van der Waals surface area (Å²) in [5.41, 5.74) is 9.76. The largest absolute Gasteiger partial charge is 0.382 e. The minimum atomic E-state index is -0.577. The Kier molecular flexibility index (Phi) is 1.95. The summed E-state index contributed by atoms with van der Waals surface area (Å²) in [7, 11) is 0. The second kappa shape index (κ2) is 2.91. The van der Waals surface area contributed by atoms with Crippen molar-refractivity contribution in [3.63, 3.8) is 0 Å². The third-order valence-corrected chi connectivity index (χ3v) is 1.17. The maximum Gasteiger partial charge on any atom is 0.278 e. The van der Waals surface area contributed by atoms with E-state index in [4.69, 9.17) is 11.5 Å². The van der Waals surface area contributed by atoms with Gasteiger partial charge in [0.2, 0.25) is 12.4 Å². The number of aromatic amines is 1. The fourth-order valence-electron chi connectivity index (χ4n) is 0.707. The van der Waals surface area contributed by atoms with Gasteiger partial charge in [-0.25, -0.2) is 0 Å². The minimum Gasteiger partial charge on any atom is -0.382 e. The predicted octanol–water partition coefficient (Wildman–Crippen LogP) is -1.50. The molecule has 0 fully saturated rings. The van der Waals surface area contributed by atoms with Crippen LogP contribution in [-0.2, 0) is 4.79 Å². The standard InChI is InChI=1S/C5H7N5O2/c6-3-2(8-1-11)4(12)10-5(7)9-3/h1H,(H,8,11)(H5,6,7,9,10,12)/i5+1,7+0,9+0,10+0. The molecule has 0 unspecified atom stereocenters. The SMILES string of the molecule is Nc1[14n][13c]([14NH2])[14nH]c(=O)c1NC=O. The van der Waals surface area contributed by atoms with E-state index >= 15 is 0 Å². The van der Waals surface area contributed by atoms with Gasteiger partial charge in [0.15, 0.2) is 5.82 Å². The van der Waals surface area contributed by atoms with Crippen LogP contribution in [0.15, 0.2) is 4.79 Å². The summed E-state index contributed by atoms with van der Waals surface area (Å²) in [4.78, 5) is 26.7. The number of rotatable bonds is 2. The highest BCUT2D eigenvalue weighted by molar-refractivity contribution is 5.77. The summed E-state index contributed by atoms with van der Waals surface area (Å²) in [5.74, 6) is -0.197. The van der Waals surface area contributed by atoms with Gasteiger partial charge < -0.3 is 16.8 Å². The summed E-state index contributed by atoms with van der Waals surface area (Å²) in [6.07, 6.45) is 0.332. The number of carbonyl (C=O) groups excluding carboxylic acids is 1. The Bertz CT molecular complexity index is 357. The van der Waals surface area contributed by atoms with Gasteiger partial charge in [-0.2, -0.15) is 4.98 Å². The van der Waals surface area contributed by atoms with Gasteiger partial charge in [0.25, 0.3) is 5.56 Å². The second-order valence-corrected chi connectivity index (χ2v) is 1.97. The van der Waals surface area contributed by atoms with Crippen LogP contribution in [0.4, 0.5) is 17.5 Å². The Morgan fingerprint density at radius 2 is 2.17 bits per heavy atom. The number of nitrogens with two attached hydrogens (primary N) is 2. The fraction of sp³-hybridized carbons (Fsp3) is 0. The van der Waals surface area contributed by atoms with E-state index in [1.165, 1.54) is 0 Å². The van der Waals surface area contributed by atoms with Crippen molar-refractivity contribution in [2.24, 2.45) is 0 Å². The van der Waals surface area contributed by atoms with Crippen LogP contribution in [0.2, 0.25) is 0 Å². The lowest BCUT2D eigenvalue weighted by Crippen LogP contribution is -2.18. The van der Waals surface area contributed by atoms with E-state index in [0.29, 0.717) is 6.41 Å². The lowest BCUT2D eigenvalue weighted by Gasteiger charge is -2.01. The number of nitrogens with one attached hydrogen (secondary N) is 2. The second-order valence-electron chi connectivity index (χ2n) is 1.97. The van der Waals surface area contributed by atoms with Gasteiger partial charge in [-0.1, -0.05) is 0 Å². The van der Waals surface area contributed by atoms with Gasteiger partial charge in [-0.05, 0) is 0 Å². The number of H-pyrrole nitrogens is 1. The quantitative estimate of drug-likeness (QED) is 0.402. The highest BCUT2D eigenvalue weighted by Crippen LogP contribution is 2.07. The van der Waals surface area contributed by atoms with Crippen LogP contribution in [0, 0.1) is 0 Å². The molecule has 0 aliphatic rings. The van der Waals surface area contributed by atoms with Crippen LogP contribution in [0.5, 0.6) is 0 Å². The normalized spacial score (nSPS) is 9.33. The number of hydrogen-bond donors (Lipinski definition) is 4. The smallest absolute Gasteiger partial charge is 0.278 e. The third kappa shape index (κ3) is 1.34. The van der Waals surface area contributed by atoms with Gasteiger partial charge in [0, 0.05) is 0 Å². The molecule has 0 atom stereocenters. The van der Waals surface area contributed by atoms with Crippen molar-refractivity contribution in [3.8, 4) is 0 Å². The molecular formula is C5H7N5O2. The number of aromatic nitrogens is 2. The molecule has 0 aliphatic heterocycles. The van der Waals surface area contributed by atoms with Crippen molar-refractivity contribution in [1.29, 1.82) is 0 Å². The molecule has 0 aliphatic carbocycles. The Morgan fingerprint density at radius 3 is 2.67 bits per heavy atom. The van der Waals surface area contributed by atoms with E-state index in [-0.39, 0.29) is 17.5 Å². The van der Waals surface area contributed by atoms with Crippen LogP contribution >= 0.6 is 0 Å². The fourth-order valence-corrected chi connectivity index (χ4v) is 0.707. The highest BCUT2D eigenvalue weighted by atomic mass is 16.1. The third-order valence-electron chi connectivity index (χ3n) is 1.17. The van der Waals surface area contributed by atoms with Crippen LogP contribution in [-0.4, -0.2) is 16.4 Å². The molecular weight excluding hydrogens is 163 g/mol. The Labute approximate surface area is 66.8 Å². The van der Waals surface area contributed by atoms with Crippen LogP contribution < -0.4 is 22.3 Å². The van der Waals surface area contributed by atoms with E-state index in [9.17, 15) is 9.59 Å². The Balaban J connectivity index is 3.28. The maximum absolute atomic E-state index is 11.0. The van der Waals surface area contributed by atoms with Crippen LogP contribution in [0.25, 0.3) is 0 Å². The molecule has 0 spiro atoms. The Morgan fingerprint density at radius 1 is 1.50 bits per heavy atom. The molecule has 0 aromatic carbocycles. The van der Waals surface area contributed by atoms with Crippen molar-refractivity contribution in [1.82, 2.24) is 9.97 Å². The van der Waals surface area contributed by atoms with Gasteiger partial charge in [-0.3, -0.25) is 14.6 Å². The highest BCUT2D eigenvalue weighted by Gasteiger charge is 2.05. The molecule has 1 rings (SSSR count). The van der Waals surface area contributed by atoms with Crippen molar-refractivity contribution >= 4 is 23.9 Å². The summed E-state index contributed by atoms with van der Waals surface area (Å²) >= 11 is 0. The molecule has 1 aromatic heterocycles. The molecule has 64 valence electrons. The maximum atomic E-state index is 11.0. The molecule has 0 radical (unpaired) electrons. The van der Waals surface area contributed by atoms with Gasteiger partial charge in [0.1, 0.15) is 5.69 Å². The number of hydrogen-bond acceptors (Lipinski definition) is 5. The van der Waals surface area contributed by atoms with E-state index in [1.807, 2.05) is 0 Å². The average Bonchev–Trinajstić information content (AvgIpc) is 1.96. The monoisotopic (exact) mass is 170 g/mol. The minimum absolute atomic E-state index is 0.0889. The van der Waals surface area contributed by atoms with Crippen molar-refractivity contribution < 1.29 is 4.79 Å². The van der Waals surface area contributed by atoms with Crippen molar-refractivity contribution in [2.45, 2.75) is 0 Å². The summed E-state index contributed by atoms with van der Waals surface area (Å²) in [6.45, 7) is 0. The summed E-state index contributed by atoms with van der Waals surface area (Å²) in [6, 6.07) is 0. The molecule has 7 nitrogen and oxygen atoms in total. The summed E-state index contributed by atoms with van der Waals surface area (Å²) < 4.78 is 0. The first kappa shape index (κ1) is 8.05. The molecule has 6 N–H and O–H groups in total.